The fourth-order valence-corrected chi connectivity index (χ4v) is 2.53. The fourth-order valence-electron chi connectivity index (χ4n) is 2.53. The van der Waals surface area contributed by atoms with Crippen molar-refractivity contribution in [3.8, 4) is 0 Å². The number of amides is 1. The second-order valence-electron chi connectivity index (χ2n) is 4.90. The molecule has 2 aromatic heterocycles. The second-order valence-corrected chi connectivity index (χ2v) is 4.90. The van der Waals surface area contributed by atoms with Crippen LogP contribution in [-0.2, 0) is 4.79 Å². The van der Waals surface area contributed by atoms with E-state index in [9.17, 15) is 4.79 Å². The summed E-state index contributed by atoms with van der Waals surface area (Å²) in [6.45, 7) is 2.37. The van der Waals surface area contributed by atoms with Crippen molar-refractivity contribution in [2.75, 3.05) is 11.9 Å². The number of nitrogens with zero attached hydrogens (tertiary/aromatic N) is 5. The number of nitrogens with one attached hydrogen (secondary N) is 1. The van der Waals surface area contributed by atoms with Crippen molar-refractivity contribution in [2.45, 2.75) is 25.8 Å². The Hall–Kier alpha value is -2.57. The summed E-state index contributed by atoms with van der Waals surface area (Å²) in [7, 11) is 0. The Morgan fingerprint density at radius 3 is 2.90 bits per heavy atom. The van der Waals surface area contributed by atoms with Gasteiger partial charge in [0.2, 0.25) is 11.9 Å². The molecule has 21 heavy (non-hydrogen) atoms. The van der Waals surface area contributed by atoms with Gasteiger partial charge in [-0.25, -0.2) is 15.0 Å². The third kappa shape index (κ3) is 2.96. The Balaban J connectivity index is 1.81. The van der Waals surface area contributed by atoms with Gasteiger partial charge in [0, 0.05) is 25.9 Å². The first kappa shape index (κ1) is 13.4. The molecule has 7 nitrogen and oxygen atoms in total. The molecule has 0 unspecified atom stereocenters. The molecule has 1 aliphatic rings. The number of hydrogen-bond donors (Lipinski definition) is 1. The Bertz CT molecular complexity index is 632. The zero-order valence-corrected chi connectivity index (χ0v) is 11.7. The average molecular weight is 284 g/mol. The molecule has 1 aliphatic heterocycles. The van der Waals surface area contributed by atoms with Crippen molar-refractivity contribution in [2.24, 2.45) is 0 Å². The van der Waals surface area contributed by atoms with Crippen LogP contribution >= 0.6 is 0 Å². The van der Waals surface area contributed by atoms with Crippen molar-refractivity contribution in [1.82, 2.24) is 24.8 Å². The smallest absolute Gasteiger partial charge is 0.228 e. The third-order valence-electron chi connectivity index (χ3n) is 3.46. The van der Waals surface area contributed by atoms with Gasteiger partial charge in [-0.1, -0.05) is 0 Å². The number of aromatic nitrogens is 4. The van der Waals surface area contributed by atoms with Gasteiger partial charge in [-0.2, -0.15) is 0 Å². The van der Waals surface area contributed by atoms with E-state index in [1.54, 1.807) is 37.8 Å². The average Bonchev–Trinajstić information content (AvgIpc) is 2.98. The highest BCUT2D eigenvalue weighted by molar-refractivity contribution is 5.74. The van der Waals surface area contributed by atoms with Crippen LogP contribution in [0.3, 0.4) is 0 Å². The van der Waals surface area contributed by atoms with E-state index in [2.05, 4.69) is 25.3 Å². The maximum atomic E-state index is 11.6. The molecule has 7 heteroatoms. The summed E-state index contributed by atoms with van der Waals surface area (Å²) in [5, 5.41) is 3.01. The van der Waals surface area contributed by atoms with Crippen LogP contribution in [0.5, 0.6) is 0 Å². The lowest BCUT2D eigenvalue weighted by molar-refractivity contribution is -0.129. The Morgan fingerprint density at radius 2 is 2.14 bits per heavy atom. The number of anilines is 2. The molecule has 0 saturated carbocycles. The summed E-state index contributed by atoms with van der Waals surface area (Å²) in [5.41, 5.74) is 0.795. The van der Waals surface area contributed by atoms with Gasteiger partial charge in [0.1, 0.15) is 0 Å². The first-order valence-electron chi connectivity index (χ1n) is 6.87. The van der Waals surface area contributed by atoms with Crippen LogP contribution in [0.2, 0.25) is 0 Å². The normalized spacial score (nSPS) is 17.8. The van der Waals surface area contributed by atoms with E-state index >= 15 is 0 Å². The fraction of sp³-hybridized carbons (Fsp3) is 0.357. The zero-order valence-electron chi connectivity index (χ0n) is 11.7. The largest absolute Gasteiger partial charge is 0.334 e. The number of hydrogen-bond acceptors (Lipinski definition) is 6. The summed E-state index contributed by atoms with van der Waals surface area (Å²) >= 11 is 0. The van der Waals surface area contributed by atoms with Gasteiger partial charge in [0.05, 0.1) is 24.1 Å². The quantitative estimate of drug-likeness (QED) is 0.923. The van der Waals surface area contributed by atoms with Gasteiger partial charge < -0.3 is 10.2 Å². The predicted molar refractivity (Wildman–Crippen MR) is 76.7 cm³/mol. The highest BCUT2D eigenvalue weighted by Gasteiger charge is 2.29. The van der Waals surface area contributed by atoms with Crippen molar-refractivity contribution >= 4 is 17.7 Å². The van der Waals surface area contributed by atoms with E-state index < -0.39 is 0 Å². The molecule has 1 saturated heterocycles. The molecular weight excluding hydrogens is 268 g/mol. The van der Waals surface area contributed by atoms with Gasteiger partial charge in [0.25, 0.3) is 0 Å². The van der Waals surface area contributed by atoms with Crippen LogP contribution in [0, 0.1) is 0 Å². The maximum absolute atomic E-state index is 11.6. The van der Waals surface area contributed by atoms with E-state index in [1.807, 2.05) is 4.90 Å². The van der Waals surface area contributed by atoms with Crippen LogP contribution < -0.4 is 5.32 Å². The topological polar surface area (TPSA) is 83.9 Å². The van der Waals surface area contributed by atoms with Gasteiger partial charge in [0.15, 0.2) is 5.82 Å². The highest BCUT2D eigenvalue weighted by Crippen LogP contribution is 2.30. The SMILES string of the molecule is CC(=O)N1CCC[C@@H]1c1cncc(Nc2ncccn2)n1. The first-order valence-corrected chi connectivity index (χ1v) is 6.87. The summed E-state index contributed by atoms with van der Waals surface area (Å²) in [4.78, 5) is 30.4. The van der Waals surface area contributed by atoms with E-state index in [1.165, 1.54) is 0 Å². The third-order valence-corrected chi connectivity index (χ3v) is 3.46. The number of rotatable bonds is 3. The molecule has 2 aromatic rings. The predicted octanol–water partition coefficient (Wildman–Crippen LogP) is 1.69. The standard InChI is InChI=1S/C14H16N6O/c1-10(21)20-7-2-4-12(20)11-8-15-9-13(18-11)19-14-16-5-3-6-17-14/h3,5-6,8-9,12H,2,4,7H2,1H3,(H,16,17,18,19)/t12-/m1/s1. The first-order chi connectivity index (χ1) is 10.2. The van der Waals surface area contributed by atoms with Crippen molar-refractivity contribution in [1.29, 1.82) is 0 Å². The molecule has 0 aromatic carbocycles. The van der Waals surface area contributed by atoms with E-state index in [0.29, 0.717) is 11.8 Å². The van der Waals surface area contributed by atoms with Gasteiger partial charge in [-0.3, -0.25) is 9.78 Å². The summed E-state index contributed by atoms with van der Waals surface area (Å²) in [6.07, 6.45) is 8.54. The Kier molecular flexibility index (Phi) is 3.72. The van der Waals surface area contributed by atoms with E-state index in [0.717, 1.165) is 25.1 Å². The monoisotopic (exact) mass is 284 g/mol. The second kappa shape index (κ2) is 5.82. The number of carbonyl (C=O) groups excluding carboxylic acids is 1. The highest BCUT2D eigenvalue weighted by atomic mass is 16.2. The van der Waals surface area contributed by atoms with Crippen molar-refractivity contribution < 1.29 is 4.79 Å². The molecule has 1 atom stereocenters. The zero-order chi connectivity index (χ0) is 14.7. The van der Waals surface area contributed by atoms with Gasteiger partial charge in [-0.15, -0.1) is 0 Å². The maximum Gasteiger partial charge on any atom is 0.228 e. The molecule has 1 fully saturated rings. The molecule has 0 radical (unpaired) electrons. The lowest BCUT2D eigenvalue weighted by Gasteiger charge is -2.22. The Morgan fingerprint density at radius 1 is 1.33 bits per heavy atom. The minimum atomic E-state index is 0.00782. The molecule has 3 heterocycles. The van der Waals surface area contributed by atoms with Crippen molar-refractivity contribution in [3.63, 3.8) is 0 Å². The van der Waals surface area contributed by atoms with E-state index in [-0.39, 0.29) is 11.9 Å². The lowest BCUT2D eigenvalue weighted by atomic mass is 10.1. The molecule has 1 N–H and O–H groups in total. The van der Waals surface area contributed by atoms with Gasteiger partial charge in [-0.05, 0) is 18.9 Å². The van der Waals surface area contributed by atoms with Crippen LogP contribution in [0.15, 0.2) is 30.9 Å². The van der Waals surface area contributed by atoms with Gasteiger partial charge >= 0.3 is 0 Å². The molecule has 0 aliphatic carbocycles. The Labute approximate surface area is 122 Å². The summed E-state index contributed by atoms with van der Waals surface area (Å²) in [5.74, 6) is 1.12. The van der Waals surface area contributed by atoms with Crippen LogP contribution in [0.25, 0.3) is 0 Å². The summed E-state index contributed by atoms with van der Waals surface area (Å²) < 4.78 is 0. The molecule has 1 amide bonds. The number of carbonyl (C=O) groups is 1. The van der Waals surface area contributed by atoms with Crippen LogP contribution in [0.1, 0.15) is 31.5 Å². The number of likely N-dealkylation sites (tertiary alicyclic amines) is 1. The lowest BCUT2D eigenvalue weighted by Crippen LogP contribution is -2.28. The van der Waals surface area contributed by atoms with E-state index in [4.69, 9.17) is 0 Å². The van der Waals surface area contributed by atoms with Crippen LogP contribution in [0.4, 0.5) is 11.8 Å². The molecule has 3 rings (SSSR count). The minimum Gasteiger partial charge on any atom is -0.334 e. The summed E-state index contributed by atoms with van der Waals surface area (Å²) in [6, 6.07) is 1.75. The molecule has 0 bridgehead atoms. The minimum absolute atomic E-state index is 0.00782. The molecular formula is C14H16N6O. The van der Waals surface area contributed by atoms with Crippen LogP contribution in [-0.4, -0.2) is 37.3 Å². The van der Waals surface area contributed by atoms with Crippen molar-refractivity contribution in [3.05, 3.63) is 36.5 Å². The molecule has 0 spiro atoms. The molecule has 108 valence electrons.